The Balaban J connectivity index is 2.32. The fourth-order valence-electron chi connectivity index (χ4n) is 2.26. The van der Waals surface area contributed by atoms with Crippen molar-refractivity contribution in [3.05, 3.63) is 0 Å². The van der Waals surface area contributed by atoms with Gasteiger partial charge in [0.15, 0.2) is 0 Å². The summed E-state index contributed by atoms with van der Waals surface area (Å²) in [5.41, 5.74) is 0. The molecule has 2 N–H and O–H groups in total. The summed E-state index contributed by atoms with van der Waals surface area (Å²) in [5.74, 6) is -1.09. The lowest BCUT2D eigenvalue weighted by Gasteiger charge is -2.17. The summed E-state index contributed by atoms with van der Waals surface area (Å²) in [6.45, 7) is 2.21. The number of methoxy groups -OCH3 is 1. The lowest BCUT2D eigenvalue weighted by molar-refractivity contribution is -0.140. The highest BCUT2D eigenvalue weighted by Gasteiger charge is 2.20. The van der Waals surface area contributed by atoms with E-state index in [1.54, 1.807) is 14.0 Å². The second-order valence-corrected chi connectivity index (χ2v) is 4.99. The van der Waals surface area contributed by atoms with Gasteiger partial charge < -0.3 is 15.4 Å². The molecular weight excluding hydrogens is 232 g/mol. The zero-order valence-corrected chi connectivity index (χ0v) is 11.3. The summed E-state index contributed by atoms with van der Waals surface area (Å²) in [4.78, 5) is 23.3. The minimum atomic E-state index is -0.566. The van der Waals surface area contributed by atoms with Crippen molar-refractivity contribution in [2.24, 2.45) is 0 Å². The molecule has 1 atom stereocenters. The molecule has 2 amide bonds. The molecule has 0 bridgehead atoms. The van der Waals surface area contributed by atoms with Gasteiger partial charge in [-0.1, -0.05) is 25.7 Å². The molecule has 0 radical (unpaired) electrons. The Morgan fingerprint density at radius 3 is 2.33 bits per heavy atom. The molecule has 5 heteroatoms. The van der Waals surface area contributed by atoms with Gasteiger partial charge in [0.05, 0.1) is 6.61 Å². The van der Waals surface area contributed by atoms with Crippen LogP contribution in [0, 0.1) is 0 Å². The zero-order chi connectivity index (χ0) is 13.4. The molecule has 0 saturated heterocycles. The lowest BCUT2D eigenvalue weighted by Crippen LogP contribution is -2.47. The number of amides is 2. The van der Waals surface area contributed by atoms with Crippen molar-refractivity contribution in [1.82, 2.24) is 10.6 Å². The fourth-order valence-corrected chi connectivity index (χ4v) is 2.26. The van der Waals surface area contributed by atoms with Gasteiger partial charge in [-0.15, -0.1) is 0 Å². The Morgan fingerprint density at radius 1 is 1.17 bits per heavy atom. The number of ether oxygens (including phenoxy) is 1. The quantitative estimate of drug-likeness (QED) is 0.582. The van der Waals surface area contributed by atoms with Crippen molar-refractivity contribution >= 4 is 11.8 Å². The van der Waals surface area contributed by atoms with Crippen molar-refractivity contribution in [3.8, 4) is 0 Å². The predicted octanol–water partition coefficient (Wildman–Crippen LogP) is 0.976. The molecule has 0 spiro atoms. The molecule has 0 aromatic carbocycles. The topological polar surface area (TPSA) is 67.4 Å². The molecule has 0 heterocycles. The first-order chi connectivity index (χ1) is 8.63. The summed E-state index contributed by atoms with van der Waals surface area (Å²) in [5, 5.41) is 5.42. The van der Waals surface area contributed by atoms with Crippen LogP contribution >= 0.6 is 0 Å². The van der Waals surface area contributed by atoms with Gasteiger partial charge in [0.2, 0.25) is 0 Å². The minimum Gasteiger partial charge on any atom is -0.383 e. The van der Waals surface area contributed by atoms with Crippen molar-refractivity contribution in [1.29, 1.82) is 0 Å². The van der Waals surface area contributed by atoms with Gasteiger partial charge in [-0.05, 0) is 19.8 Å². The number of rotatable bonds is 4. The van der Waals surface area contributed by atoms with Crippen molar-refractivity contribution in [2.45, 2.75) is 57.5 Å². The van der Waals surface area contributed by atoms with Crippen LogP contribution in [-0.2, 0) is 14.3 Å². The molecule has 104 valence electrons. The maximum Gasteiger partial charge on any atom is 0.309 e. The van der Waals surface area contributed by atoms with Gasteiger partial charge in [-0.2, -0.15) is 0 Å². The van der Waals surface area contributed by atoms with Crippen molar-refractivity contribution in [2.75, 3.05) is 13.7 Å². The van der Waals surface area contributed by atoms with E-state index in [2.05, 4.69) is 10.6 Å². The molecular formula is C13H24N2O3. The van der Waals surface area contributed by atoms with Crippen LogP contribution in [0.4, 0.5) is 0 Å². The Morgan fingerprint density at radius 2 is 1.78 bits per heavy atom. The molecule has 0 unspecified atom stereocenters. The third-order valence-corrected chi connectivity index (χ3v) is 3.19. The van der Waals surface area contributed by atoms with E-state index in [-0.39, 0.29) is 12.1 Å². The van der Waals surface area contributed by atoms with E-state index in [4.69, 9.17) is 4.74 Å². The highest BCUT2D eigenvalue weighted by Crippen LogP contribution is 2.16. The van der Waals surface area contributed by atoms with Gasteiger partial charge in [-0.25, -0.2) is 0 Å². The minimum absolute atomic E-state index is 0.151. The standard InChI is InChI=1S/C13H24N2O3/c1-10(9-18-2)14-12(16)13(17)15-11-7-5-3-4-6-8-11/h10-11H,3-9H2,1-2H3,(H,14,16)(H,15,17)/t10-/m0/s1. The average Bonchev–Trinajstić information content (AvgIpc) is 2.57. The molecule has 1 aliphatic carbocycles. The first-order valence-electron chi connectivity index (χ1n) is 6.73. The summed E-state index contributed by atoms with van der Waals surface area (Å²) in [6.07, 6.45) is 6.67. The molecule has 1 aliphatic rings. The Bertz CT molecular complexity index is 273. The molecule has 1 fully saturated rings. The van der Waals surface area contributed by atoms with Crippen molar-refractivity contribution in [3.63, 3.8) is 0 Å². The maximum atomic E-state index is 11.7. The molecule has 0 aromatic heterocycles. The molecule has 1 rings (SSSR count). The summed E-state index contributed by atoms with van der Waals surface area (Å²) < 4.78 is 4.90. The van der Waals surface area contributed by atoms with E-state index in [0.717, 1.165) is 25.7 Å². The van der Waals surface area contributed by atoms with E-state index in [9.17, 15) is 9.59 Å². The van der Waals surface area contributed by atoms with E-state index < -0.39 is 11.8 Å². The smallest absolute Gasteiger partial charge is 0.309 e. The highest BCUT2D eigenvalue weighted by atomic mass is 16.5. The predicted molar refractivity (Wildman–Crippen MR) is 69.1 cm³/mol. The highest BCUT2D eigenvalue weighted by molar-refractivity contribution is 6.35. The third-order valence-electron chi connectivity index (χ3n) is 3.19. The van der Waals surface area contributed by atoms with Crippen LogP contribution in [0.2, 0.25) is 0 Å². The first-order valence-corrected chi connectivity index (χ1v) is 6.73. The fraction of sp³-hybridized carbons (Fsp3) is 0.846. The van der Waals surface area contributed by atoms with E-state index in [1.165, 1.54) is 12.8 Å². The van der Waals surface area contributed by atoms with E-state index >= 15 is 0 Å². The second-order valence-electron chi connectivity index (χ2n) is 4.99. The normalized spacial score (nSPS) is 18.8. The van der Waals surface area contributed by atoms with Gasteiger partial charge >= 0.3 is 11.8 Å². The maximum absolute atomic E-state index is 11.7. The molecule has 1 saturated carbocycles. The monoisotopic (exact) mass is 256 g/mol. The Labute approximate surface area is 109 Å². The summed E-state index contributed by atoms with van der Waals surface area (Å²) in [6, 6.07) is 0.00543. The van der Waals surface area contributed by atoms with Crippen LogP contribution in [0.3, 0.4) is 0 Å². The van der Waals surface area contributed by atoms with Crippen LogP contribution in [-0.4, -0.2) is 37.6 Å². The molecule has 18 heavy (non-hydrogen) atoms. The van der Waals surface area contributed by atoms with Crippen LogP contribution in [0.5, 0.6) is 0 Å². The lowest BCUT2D eigenvalue weighted by atomic mass is 10.1. The largest absolute Gasteiger partial charge is 0.383 e. The molecule has 5 nitrogen and oxygen atoms in total. The van der Waals surface area contributed by atoms with Crippen LogP contribution in [0.25, 0.3) is 0 Å². The van der Waals surface area contributed by atoms with Gasteiger partial charge in [-0.3, -0.25) is 9.59 Å². The number of hydrogen-bond acceptors (Lipinski definition) is 3. The van der Waals surface area contributed by atoms with Gasteiger partial charge in [0, 0.05) is 19.2 Å². The zero-order valence-electron chi connectivity index (χ0n) is 11.3. The van der Waals surface area contributed by atoms with Gasteiger partial charge in [0.1, 0.15) is 0 Å². The SMILES string of the molecule is COC[C@H](C)NC(=O)C(=O)NC1CCCCCC1. The van der Waals surface area contributed by atoms with Crippen LogP contribution in [0.15, 0.2) is 0 Å². The van der Waals surface area contributed by atoms with E-state index in [1.807, 2.05) is 0 Å². The number of nitrogens with one attached hydrogen (secondary N) is 2. The van der Waals surface area contributed by atoms with Crippen LogP contribution in [0.1, 0.15) is 45.4 Å². The van der Waals surface area contributed by atoms with Gasteiger partial charge in [0.25, 0.3) is 0 Å². The Kier molecular flexibility index (Phi) is 6.72. The second kappa shape index (κ2) is 8.08. The molecule has 0 aliphatic heterocycles. The number of carbonyl (C=O) groups is 2. The van der Waals surface area contributed by atoms with E-state index in [0.29, 0.717) is 6.61 Å². The van der Waals surface area contributed by atoms with Crippen molar-refractivity contribution < 1.29 is 14.3 Å². The summed E-state index contributed by atoms with van der Waals surface area (Å²) >= 11 is 0. The third kappa shape index (κ3) is 5.49. The van der Waals surface area contributed by atoms with Crippen LogP contribution < -0.4 is 10.6 Å². The average molecular weight is 256 g/mol. The Hall–Kier alpha value is -1.10. The number of hydrogen-bond donors (Lipinski definition) is 2. The summed E-state index contributed by atoms with van der Waals surface area (Å²) in [7, 11) is 1.56. The number of carbonyl (C=O) groups excluding carboxylic acids is 2. The first kappa shape index (κ1) is 15.0. The molecule has 0 aromatic rings.